The zero-order valence-corrected chi connectivity index (χ0v) is 12.6. The molecule has 0 bridgehead atoms. The summed E-state index contributed by atoms with van der Waals surface area (Å²) in [5.41, 5.74) is 1.56. The molecule has 0 saturated heterocycles. The lowest BCUT2D eigenvalue weighted by Crippen LogP contribution is -2.19. The summed E-state index contributed by atoms with van der Waals surface area (Å²) in [6.45, 7) is 5.22. The molecule has 1 saturated carbocycles. The first-order valence-corrected chi connectivity index (χ1v) is 7.94. The van der Waals surface area contributed by atoms with Gasteiger partial charge in [-0.3, -0.25) is 4.79 Å². The van der Waals surface area contributed by atoms with Gasteiger partial charge in [0.15, 0.2) is 5.13 Å². The third kappa shape index (κ3) is 2.77. The molecule has 0 radical (unpaired) electrons. The highest BCUT2D eigenvalue weighted by Gasteiger charge is 2.25. The molecule has 2 aromatic heterocycles. The highest BCUT2D eigenvalue weighted by atomic mass is 32.1. The number of nitrogens with zero attached hydrogens (tertiary/aromatic N) is 2. The van der Waals surface area contributed by atoms with E-state index in [1.165, 1.54) is 0 Å². The van der Waals surface area contributed by atoms with Crippen molar-refractivity contribution in [2.75, 3.05) is 11.9 Å². The van der Waals surface area contributed by atoms with Gasteiger partial charge in [0, 0.05) is 24.2 Å². The van der Waals surface area contributed by atoms with Crippen LogP contribution in [0.1, 0.15) is 32.7 Å². The van der Waals surface area contributed by atoms with Crippen LogP contribution in [0.2, 0.25) is 0 Å². The van der Waals surface area contributed by atoms with Crippen LogP contribution in [0.4, 0.5) is 5.13 Å². The molecule has 0 atom stereocenters. The Labute approximate surface area is 122 Å². The fourth-order valence-electron chi connectivity index (χ4n) is 2.12. The van der Waals surface area contributed by atoms with E-state index < -0.39 is 0 Å². The minimum atomic E-state index is 0.0794. The van der Waals surface area contributed by atoms with Gasteiger partial charge in [-0.05, 0) is 30.9 Å². The molecule has 0 aromatic carbocycles. The number of nitrogens with one attached hydrogen (secondary N) is 1. The number of hydrogen-bond donors (Lipinski definition) is 1. The first kappa shape index (κ1) is 13.4. The molecule has 1 aliphatic rings. The Hall–Kier alpha value is -1.62. The van der Waals surface area contributed by atoms with Crippen molar-refractivity contribution in [1.29, 1.82) is 0 Å². The summed E-state index contributed by atoms with van der Waals surface area (Å²) in [4.78, 5) is 17.0. The smallest absolute Gasteiger partial charge is 0.260 e. The lowest BCUT2D eigenvalue weighted by molar-refractivity contribution is 0.688. The van der Waals surface area contributed by atoms with Gasteiger partial charge in [-0.25, -0.2) is 4.98 Å². The maximum Gasteiger partial charge on any atom is 0.260 e. The van der Waals surface area contributed by atoms with E-state index in [1.807, 2.05) is 28.3 Å². The third-order valence-corrected chi connectivity index (χ3v) is 4.16. The van der Waals surface area contributed by atoms with E-state index in [4.69, 9.17) is 0 Å². The molecule has 20 heavy (non-hydrogen) atoms. The number of pyridine rings is 1. The van der Waals surface area contributed by atoms with E-state index >= 15 is 0 Å². The molecule has 0 spiro atoms. The molecule has 1 aliphatic carbocycles. The SMILES string of the molecule is CC(C)CNc1nc(-c2cccn(C3CC3)c2=O)cs1. The van der Waals surface area contributed by atoms with E-state index in [0.29, 0.717) is 17.5 Å². The molecule has 2 aromatic rings. The first-order valence-electron chi connectivity index (χ1n) is 7.06. The quantitative estimate of drug-likeness (QED) is 0.918. The summed E-state index contributed by atoms with van der Waals surface area (Å²) in [5, 5.41) is 6.14. The van der Waals surface area contributed by atoms with Crippen LogP contribution in [0.15, 0.2) is 28.5 Å². The van der Waals surface area contributed by atoms with Gasteiger partial charge >= 0.3 is 0 Å². The van der Waals surface area contributed by atoms with Crippen LogP contribution < -0.4 is 10.9 Å². The Balaban J connectivity index is 1.86. The van der Waals surface area contributed by atoms with Gasteiger partial charge in [-0.15, -0.1) is 11.3 Å². The van der Waals surface area contributed by atoms with Crippen LogP contribution in [0.5, 0.6) is 0 Å². The van der Waals surface area contributed by atoms with Crippen LogP contribution in [-0.4, -0.2) is 16.1 Å². The Morgan fingerprint density at radius 3 is 3.00 bits per heavy atom. The molecular weight excluding hydrogens is 270 g/mol. The van der Waals surface area contributed by atoms with Crippen molar-refractivity contribution in [1.82, 2.24) is 9.55 Å². The van der Waals surface area contributed by atoms with Gasteiger partial charge in [0.25, 0.3) is 5.56 Å². The van der Waals surface area contributed by atoms with E-state index in [-0.39, 0.29) is 5.56 Å². The monoisotopic (exact) mass is 289 g/mol. The number of anilines is 1. The largest absolute Gasteiger partial charge is 0.361 e. The Kier molecular flexibility index (Phi) is 3.61. The third-order valence-electron chi connectivity index (χ3n) is 3.36. The van der Waals surface area contributed by atoms with E-state index in [0.717, 1.165) is 30.2 Å². The first-order chi connectivity index (χ1) is 9.65. The zero-order chi connectivity index (χ0) is 14.1. The van der Waals surface area contributed by atoms with Crippen LogP contribution >= 0.6 is 11.3 Å². The summed E-state index contributed by atoms with van der Waals surface area (Å²) < 4.78 is 1.84. The molecule has 106 valence electrons. The van der Waals surface area contributed by atoms with Crippen LogP contribution in [0.25, 0.3) is 11.3 Å². The predicted molar refractivity (Wildman–Crippen MR) is 83.4 cm³/mol. The van der Waals surface area contributed by atoms with Gasteiger partial charge in [0.2, 0.25) is 0 Å². The Morgan fingerprint density at radius 1 is 1.50 bits per heavy atom. The van der Waals surface area contributed by atoms with Crippen LogP contribution in [0, 0.1) is 5.92 Å². The van der Waals surface area contributed by atoms with Crippen molar-refractivity contribution in [2.45, 2.75) is 32.7 Å². The molecular formula is C15H19N3OS. The molecule has 0 unspecified atom stereocenters. The summed E-state index contributed by atoms with van der Waals surface area (Å²) in [7, 11) is 0. The fourth-order valence-corrected chi connectivity index (χ4v) is 2.84. The second kappa shape index (κ2) is 5.40. The summed E-state index contributed by atoms with van der Waals surface area (Å²) in [6.07, 6.45) is 4.11. The standard InChI is InChI=1S/C15H19N3OS/c1-10(2)8-16-15-17-13(9-20-15)12-4-3-7-18(14(12)19)11-5-6-11/h3-4,7,9-11H,5-6,8H2,1-2H3,(H,16,17). The average Bonchev–Trinajstić information content (AvgIpc) is 3.15. The van der Waals surface area contributed by atoms with Crippen molar-refractivity contribution < 1.29 is 0 Å². The zero-order valence-electron chi connectivity index (χ0n) is 11.8. The van der Waals surface area contributed by atoms with E-state index in [1.54, 1.807) is 11.3 Å². The molecule has 5 heteroatoms. The molecule has 1 fully saturated rings. The van der Waals surface area contributed by atoms with Crippen LogP contribution in [0.3, 0.4) is 0 Å². The maximum absolute atomic E-state index is 12.4. The summed E-state index contributed by atoms with van der Waals surface area (Å²) >= 11 is 1.55. The molecule has 1 N–H and O–H groups in total. The van der Waals surface area contributed by atoms with Crippen molar-refractivity contribution in [3.63, 3.8) is 0 Å². The fraction of sp³-hybridized carbons (Fsp3) is 0.467. The molecule has 0 aliphatic heterocycles. The Morgan fingerprint density at radius 2 is 2.30 bits per heavy atom. The van der Waals surface area contributed by atoms with Crippen molar-refractivity contribution in [3.8, 4) is 11.3 Å². The van der Waals surface area contributed by atoms with Gasteiger partial charge in [-0.1, -0.05) is 13.8 Å². The van der Waals surface area contributed by atoms with E-state index in [2.05, 4.69) is 24.1 Å². The second-order valence-electron chi connectivity index (χ2n) is 5.68. The highest BCUT2D eigenvalue weighted by Crippen LogP contribution is 2.33. The van der Waals surface area contributed by atoms with Crippen LogP contribution in [-0.2, 0) is 0 Å². The average molecular weight is 289 g/mol. The molecule has 3 rings (SSSR count). The van der Waals surface area contributed by atoms with Crippen molar-refractivity contribution in [2.24, 2.45) is 5.92 Å². The summed E-state index contributed by atoms with van der Waals surface area (Å²) in [6, 6.07) is 4.21. The predicted octanol–water partition coefficient (Wildman–Crippen LogP) is 3.37. The molecule has 2 heterocycles. The number of hydrogen-bond acceptors (Lipinski definition) is 4. The second-order valence-corrected chi connectivity index (χ2v) is 6.54. The highest BCUT2D eigenvalue weighted by molar-refractivity contribution is 7.14. The molecule has 0 amide bonds. The van der Waals surface area contributed by atoms with Gasteiger partial charge in [0.05, 0.1) is 11.3 Å². The Bertz CT molecular complexity index is 655. The van der Waals surface area contributed by atoms with Gasteiger partial charge in [-0.2, -0.15) is 0 Å². The minimum Gasteiger partial charge on any atom is -0.361 e. The maximum atomic E-state index is 12.4. The topological polar surface area (TPSA) is 46.9 Å². The molecule has 4 nitrogen and oxygen atoms in total. The number of thiazole rings is 1. The lowest BCUT2D eigenvalue weighted by Gasteiger charge is -2.05. The normalized spacial score (nSPS) is 14.8. The van der Waals surface area contributed by atoms with Crippen molar-refractivity contribution >= 4 is 16.5 Å². The number of aromatic nitrogens is 2. The minimum absolute atomic E-state index is 0.0794. The van der Waals surface area contributed by atoms with Gasteiger partial charge < -0.3 is 9.88 Å². The van der Waals surface area contributed by atoms with Gasteiger partial charge in [0.1, 0.15) is 0 Å². The summed E-state index contributed by atoms with van der Waals surface area (Å²) in [5.74, 6) is 0.575. The lowest BCUT2D eigenvalue weighted by atomic mass is 10.2. The van der Waals surface area contributed by atoms with Crippen molar-refractivity contribution in [3.05, 3.63) is 34.1 Å². The number of rotatable bonds is 5. The van der Waals surface area contributed by atoms with E-state index in [9.17, 15) is 4.79 Å².